The number of carbonyl (C=O) groups is 3. The summed E-state index contributed by atoms with van der Waals surface area (Å²) in [5, 5.41) is 11.5. The lowest BCUT2D eigenvalue weighted by molar-refractivity contribution is -0.148. The van der Waals surface area contributed by atoms with Crippen LogP contribution in [0.4, 0.5) is 4.79 Å². The van der Waals surface area contributed by atoms with Crippen LogP contribution in [-0.4, -0.2) is 42.4 Å². The number of allylic oxidation sites excluding steroid dienone is 3. The highest BCUT2D eigenvalue weighted by molar-refractivity contribution is 5.85. The van der Waals surface area contributed by atoms with Crippen LogP contribution in [0.3, 0.4) is 0 Å². The molecule has 29 heavy (non-hydrogen) atoms. The number of amides is 1. The number of hydrogen-bond acceptors (Lipinski definition) is 5. The molecule has 152 valence electrons. The van der Waals surface area contributed by atoms with Gasteiger partial charge >= 0.3 is 18.0 Å². The molecule has 0 saturated carbocycles. The minimum Gasteiger partial charge on any atom is -0.480 e. The molecule has 1 amide bonds. The fraction of sp³-hybridized carbons (Fsp3) is 0.318. The van der Waals surface area contributed by atoms with Crippen molar-refractivity contribution in [3.63, 3.8) is 0 Å². The van der Waals surface area contributed by atoms with E-state index in [1.54, 1.807) is 0 Å². The molecule has 0 spiro atoms. The van der Waals surface area contributed by atoms with Gasteiger partial charge < -0.3 is 19.9 Å². The number of nitrogens with one attached hydrogen (secondary N) is 1. The van der Waals surface area contributed by atoms with Gasteiger partial charge in [-0.2, -0.15) is 0 Å². The molecule has 7 nitrogen and oxygen atoms in total. The van der Waals surface area contributed by atoms with Crippen LogP contribution >= 0.6 is 0 Å². The SMILES string of the molecule is C=CCOC(=O)C[C@H](NC(=O)OCC1C2=C(CCC=C2)c2ccccc21)C(=O)O. The highest BCUT2D eigenvalue weighted by Crippen LogP contribution is 2.46. The van der Waals surface area contributed by atoms with Crippen molar-refractivity contribution in [1.29, 1.82) is 0 Å². The maximum atomic E-state index is 12.2. The molecule has 1 unspecified atom stereocenters. The summed E-state index contributed by atoms with van der Waals surface area (Å²) in [6.07, 6.45) is 6.08. The highest BCUT2D eigenvalue weighted by atomic mass is 16.6. The zero-order valence-corrected chi connectivity index (χ0v) is 15.9. The van der Waals surface area contributed by atoms with Gasteiger partial charge in [0.05, 0.1) is 6.42 Å². The van der Waals surface area contributed by atoms with E-state index in [-0.39, 0.29) is 19.1 Å². The molecule has 0 fully saturated rings. The Balaban J connectivity index is 1.61. The molecular formula is C22H23NO6. The van der Waals surface area contributed by atoms with E-state index in [1.165, 1.54) is 17.2 Å². The summed E-state index contributed by atoms with van der Waals surface area (Å²) >= 11 is 0. The van der Waals surface area contributed by atoms with Crippen molar-refractivity contribution in [2.45, 2.75) is 31.2 Å². The number of ether oxygens (including phenoxy) is 2. The van der Waals surface area contributed by atoms with Gasteiger partial charge in [0, 0.05) is 5.92 Å². The van der Waals surface area contributed by atoms with Crippen LogP contribution in [0, 0.1) is 0 Å². The van der Waals surface area contributed by atoms with E-state index in [2.05, 4.69) is 30.1 Å². The molecule has 7 heteroatoms. The number of fused-ring (bicyclic) bond motifs is 2. The molecule has 2 atom stereocenters. The lowest BCUT2D eigenvalue weighted by Gasteiger charge is -2.18. The predicted molar refractivity (Wildman–Crippen MR) is 106 cm³/mol. The van der Waals surface area contributed by atoms with Crippen LogP contribution in [0.15, 0.2) is 54.6 Å². The van der Waals surface area contributed by atoms with Gasteiger partial charge in [0.2, 0.25) is 0 Å². The first-order valence-electron chi connectivity index (χ1n) is 9.42. The van der Waals surface area contributed by atoms with Gasteiger partial charge in [-0.3, -0.25) is 4.79 Å². The van der Waals surface area contributed by atoms with E-state index in [4.69, 9.17) is 9.47 Å². The van der Waals surface area contributed by atoms with Crippen LogP contribution in [-0.2, 0) is 19.1 Å². The topological polar surface area (TPSA) is 102 Å². The molecule has 1 aromatic rings. The Morgan fingerprint density at radius 2 is 2.07 bits per heavy atom. The zero-order valence-electron chi connectivity index (χ0n) is 15.9. The van der Waals surface area contributed by atoms with Gasteiger partial charge in [-0.05, 0) is 35.1 Å². The largest absolute Gasteiger partial charge is 0.480 e. The van der Waals surface area contributed by atoms with Gasteiger partial charge in [-0.25, -0.2) is 9.59 Å². The van der Waals surface area contributed by atoms with Gasteiger partial charge in [-0.15, -0.1) is 0 Å². The average Bonchev–Trinajstić information content (AvgIpc) is 3.04. The Labute approximate surface area is 168 Å². The van der Waals surface area contributed by atoms with Crippen LogP contribution in [0.25, 0.3) is 5.57 Å². The number of carboxylic acid groups (broad SMARTS) is 1. The summed E-state index contributed by atoms with van der Waals surface area (Å²) in [5.74, 6) is -2.18. The Kier molecular flexibility index (Phi) is 6.49. The Hall–Kier alpha value is -3.35. The maximum Gasteiger partial charge on any atom is 0.407 e. The third-order valence-electron chi connectivity index (χ3n) is 4.95. The molecule has 0 saturated heterocycles. The highest BCUT2D eigenvalue weighted by Gasteiger charge is 2.32. The van der Waals surface area contributed by atoms with E-state index >= 15 is 0 Å². The Morgan fingerprint density at radius 3 is 2.83 bits per heavy atom. The van der Waals surface area contributed by atoms with Crippen LogP contribution < -0.4 is 5.32 Å². The fourth-order valence-corrected chi connectivity index (χ4v) is 3.64. The number of esters is 1. The lowest BCUT2D eigenvalue weighted by Crippen LogP contribution is -2.43. The monoisotopic (exact) mass is 397 g/mol. The number of carboxylic acids is 1. The van der Waals surface area contributed by atoms with E-state index in [9.17, 15) is 19.5 Å². The first-order valence-corrected chi connectivity index (χ1v) is 9.42. The summed E-state index contributed by atoms with van der Waals surface area (Å²) < 4.78 is 10.1. The molecule has 2 aliphatic carbocycles. The molecule has 0 bridgehead atoms. The fourth-order valence-electron chi connectivity index (χ4n) is 3.64. The standard InChI is InChI=1S/C22H23NO6/c1-2-11-28-20(24)12-19(21(25)26)23-22(27)29-13-18-16-9-5-3-7-14(16)15-8-4-6-10-17(15)18/h2-3,5-7,9-10,18-19H,1,4,8,11-13H2,(H,23,27)(H,25,26)/t18?,19-/m0/s1. The first kappa shape index (κ1) is 20.4. The molecule has 1 aromatic carbocycles. The predicted octanol–water partition coefficient (Wildman–Crippen LogP) is 3.19. The van der Waals surface area contributed by atoms with Gasteiger partial charge in [0.15, 0.2) is 0 Å². The van der Waals surface area contributed by atoms with E-state index in [0.29, 0.717) is 0 Å². The normalized spacial score (nSPS) is 17.7. The van der Waals surface area contributed by atoms with E-state index < -0.39 is 30.5 Å². The molecule has 2 aliphatic rings. The van der Waals surface area contributed by atoms with Crippen molar-refractivity contribution in [3.05, 3.63) is 65.8 Å². The molecule has 2 N–H and O–H groups in total. The van der Waals surface area contributed by atoms with Crippen molar-refractivity contribution in [3.8, 4) is 0 Å². The molecular weight excluding hydrogens is 374 g/mol. The van der Waals surface area contributed by atoms with Crippen molar-refractivity contribution in [1.82, 2.24) is 5.32 Å². The summed E-state index contributed by atoms with van der Waals surface area (Å²) in [6.45, 7) is 3.47. The molecule has 0 aliphatic heterocycles. The molecule has 0 radical (unpaired) electrons. The number of carbonyl (C=O) groups excluding carboxylic acids is 2. The Bertz CT molecular complexity index is 885. The number of aliphatic carboxylic acids is 1. The first-order chi connectivity index (χ1) is 14.0. The van der Waals surface area contributed by atoms with E-state index in [1.807, 2.05) is 18.2 Å². The molecule has 0 heterocycles. The minimum absolute atomic E-state index is 0.0261. The number of benzene rings is 1. The second-order valence-corrected chi connectivity index (χ2v) is 6.82. The van der Waals surface area contributed by atoms with Crippen molar-refractivity contribution >= 4 is 23.6 Å². The van der Waals surface area contributed by atoms with Crippen molar-refractivity contribution < 1.29 is 29.0 Å². The maximum absolute atomic E-state index is 12.2. The van der Waals surface area contributed by atoms with Crippen LogP contribution in [0.2, 0.25) is 0 Å². The molecule has 3 rings (SSSR count). The van der Waals surface area contributed by atoms with Crippen molar-refractivity contribution in [2.75, 3.05) is 13.2 Å². The summed E-state index contributed by atoms with van der Waals surface area (Å²) in [6, 6.07) is 6.59. The van der Waals surface area contributed by atoms with Gasteiger partial charge in [0.25, 0.3) is 0 Å². The minimum atomic E-state index is -1.43. The summed E-state index contributed by atoms with van der Waals surface area (Å²) in [5.41, 5.74) is 4.67. The van der Waals surface area contributed by atoms with Gasteiger partial charge in [0.1, 0.15) is 19.3 Å². The van der Waals surface area contributed by atoms with Crippen LogP contribution in [0.1, 0.15) is 36.3 Å². The Morgan fingerprint density at radius 1 is 1.28 bits per heavy atom. The average molecular weight is 397 g/mol. The second-order valence-electron chi connectivity index (χ2n) is 6.82. The lowest BCUT2D eigenvalue weighted by atomic mass is 9.93. The third-order valence-corrected chi connectivity index (χ3v) is 4.95. The molecule has 0 aromatic heterocycles. The van der Waals surface area contributed by atoms with E-state index in [0.717, 1.165) is 24.0 Å². The zero-order chi connectivity index (χ0) is 20.8. The van der Waals surface area contributed by atoms with Gasteiger partial charge in [-0.1, -0.05) is 49.1 Å². The summed E-state index contributed by atoms with van der Waals surface area (Å²) in [7, 11) is 0. The smallest absolute Gasteiger partial charge is 0.407 e. The number of alkyl carbamates (subject to hydrolysis) is 1. The van der Waals surface area contributed by atoms with Crippen molar-refractivity contribution in [2.24, 2.45) is 0 Å². The second kappa shape index (κ2) is 9.23. The summed E-state index contributed by atoms with van der Waals surface area (Å²) in [4.78, 5) is 35.1. The number of hydrogen-bond donors (Lipinski definition) is 2. The quantitative estimate of drug-likeness (QED) is 0.516. The third kappa shape index (κ3) is 4.74. The van der Waals surface area contributed by atoms with Crippen LogP contribution in [0.5, 0.6) is 0 Å². The number of rotatable bonds is 8.